The minimum atomic E-state index is -3.31. The Balaban J connectivity index is 2.41. The fourth-order valence-corrected chi connectivity index (χ4v) is 2.30. The van der Waals surface area contributed by atoms with E-state index in [1.54, 1.807) is 24.3 Å². The van der Waals surface area contributed by atoms with E-state index in [2.05, 4.69) is 0 Å². The van der Waals surface area contributed by atoms with Crippen molar-refractivity contribution in [2.45, 2.75) is 0 Å². The second-order valence-corrected chi connectivity index (χ2v) is 6.24. The molecule has 2 N–H and O–H groups in total. The van der Waals surface area contributed by atoms with Gasteiger partial charge >= 0.3 is 0 Å². The summed E-state index contributed by atoms with van der Waals surface area (Å²) in [5, 5.41) is 0. The molecule has 0 amide bonds. The molecule has 0 unspecified atom stereocenters. The van der Waals surface area contributed by atoms with Crippen molar-refractivity contribution in [2.75, 3.05) is 45.4 Å². The lowest BCUT2D eigenvalue weighted by atomic mass is 10.3. The Bertz CT molecular complexity index is 473. The Labute approximate surface area is 114 Å². The molecule has 0 atom stereocenters. The normalized spacial score (nSPS) is 11.7. The van der Waals surface area contributed by atoms with E-state index >= 15 is 0 Å². The summed E-state index contributed by atoms with van der Waals surface area (Å²) >= 11 is 0. The number of hydrogen-bond donors (Lipinski definition) is 1. The molecular formula is C12H20N2O4S. The highest BCUT2D eigenvalue weighted by Crippen LogP contribution is 2.13. The molecule has 0 heterocycles. The second-order valence-electron chi connectivity index (χ2n) is 4.05. The average molecular weight is 288 g/mol. The molecule has 108 valence electrons. The fourth-order valence-electron chi connectivity index (χ4n) is 1.34. The largest absolute Gasteiger partial charge is 0.492 e. The summed E-state index contributed by atoms with van der Waals surface area (Å²) < 4.78 is 35.2. The minimum absolute atomic E-state index is 0.0718. The SMILES string of the molecule is COCCN(C)S(=O)(=O)CCOc1ccc(N)cc1. The summed E-state index contributed by atoms with van der Waals surface area (Å²) in [6.07, 6.45) is 0. The molecule has 0 aromatic heterocycles. The van der Waals surface area contributed by atoms with Crippen LogP contribution in [0.25, 0.3) is 0 Å². The van der Waals surface area contributed by atoms with Crippen molar-refractivity contribution >= 4 is 15.7 Å². The first kappa shape index (κ1) is 15.7. The predicted octanol–water partition coefficient (Wildman–Crippen LogP) is 0.556. The Morgan fingerprint density at radius 1 is 1.21 bits per heavy atom. The zero-order valence-corrected chi connectivity index (χ0v) is 12.0. The molecule has 1 aromatic rings. The van der Waals surface area contributed by atoms with Gasteiger partial charge in [-0.25, -0.2) is 12.7 Å². The van der Waals surface area contributed by atoms with E-state index in [9.17, 15) is 8.42 Å². The highest BCUT2D eigenvalue weighted by atomic mass is 32.2. The molecule has 0 saturated heterocycles. The highest BCUT2D eigenvalue weighted by Gasteiger charge is 2.17. The number of hydrogen-bond acceptors (Lipinski definition) is 5. The molecular weight excluding hydrogens is 268 g/mol. The van der Waals surface area contributed by atoms with E-state index in [4.69, 9.17) is 15.2 Å². The predicted molar refractivity (Wildman–Crippen MR) is 74.6 cm³/mol. The summed E-state index contributed by atoms with van der Waals surface area (Å²) in [6, 6.07) is 6.82. The van der Waals surface area contributed by atoms with Crippen molar-refractivity contribution in [3.63, 3.8) is 0 Å². The van der Waals surface area contributed by atoms with Crippen LogP contribution < -0.4 is 10.5 Å². The third-order valence-corrected chi connectivity index (χ3v) is 4.39. The van der Waals surface area contributed by atoms with E-state index < -0.39 is 10.0 Å². The molecule has 0 aliphatic carbocycles. The number of rotatable bonds is 8. The van der Waals surface area contributed by atoms with Gasteiger partial charge < -0.3 is 15.2 Å². The number of anilines is 1. The van der Waals surface area contributed by atoms with Crippen LogP contribution in [-0.2, 0) is 14.8 Å². The summed E-state index contributed by atoms with van der Waals surface area (Å²) in [5.74, 6) is 0.529. The molecule has 0 bridgehead atoms. The van der Waals surface area contributed by atoms with Crippen LogP contribution in [0.4, 0.5) is 5.69 Å². The van der Waals surface area contributed by atoms with Crippen LogP contribution in [0, 0.1) is 0 Å². The van der Waals surface area contributed by atoms with Crippen LogP contribution in [0.1, 0.15) is 0 Å². The van der Waals surface area contributed by atoms with Gasteiger partial charge in [0.2, 0.25) is 10.0 Å². The number of nitrogens with two attached hydrogens (primary N) is 1. The standard InChI is InChI=1S/C12H20N2O4S/c1-14(7-8-17-2)19(15,16)10-9-18-12-5-3-11(13)4-6-12/h3-6H,7-10,13H2,1-2H3. The quantitative estimate of drug-likeness (QED) is 0.707. The van der Waals surface area contributed by atoms with Crippen molar-refractivity contribution in [2.24, 2.45) is 0 Å². The molecule has 0 saturated carbocycles. The lowest BCUT2D eigenvalue weighted by Crippen LogP contribution is -2.33. The molecule has 0 aliphatic rings. The van der Waals surface area contributed by atoms with Gasteiger partial charge in [-0.15, -0.1) is 0 Å². The number of ether oxygens (including phenoxy) is 2. The molecule has 19 heavy (non-hydrogen) atoms. The summed E-state index contributed by atoms with van der Waals surface area (Å²) in [7, 11) is -0.249. The number of methoxy groups -OCH3 is 1. The van der Waals surface area contributed by atoms with Crippen LogP contribution in [0.5, 0.6) is 5.75 Å². The fraction of sp³-hybridized carbons (Fsp3) is 0.500. The zero-order valence-electron chi connectivity index (χ0n) is 11.2. The maximum atomic E-state index is 11.9. The van der Waals surface area contributed by atoms with E-state index in [-0.39, 0.29) is 12.4 Å². The third kappa shape index (κ3) is 5.46. The van der Waals surface area contributed by atoms with Gasteiger partial charge in [0.1, 0.15) is 12.4 Å². The number of benzene rings is 1. The van der Waals surface area contributed by atoms with Crippen LogP contribution >= 0.6 is 0 Å². The third-order valence-electron chi connectivity index (χ3n) is 2.58. The van der Waals surface area contributed by atoms with Crippen molar-refractivity contribution < 1.29 is 17.9 Å². The van der Waals surface area contributed by atoms with E-state index in [0.717, 1.165) is 0 Å². The van der Waals surface area contributed by atoms with Gasteiger partial charge in [-0.2, -0.15) is 0 Å². The molecule has 0 spiro atoms. The molecule has 6 nitrogen and oxygen atoms in total. The lowest BCUT2D eigenvalue weighted by molar-refractivity contribution is 0.185. The maximum Gasteiger partial charge on any atom is 0.217 e. The molecule has 1 rings (SSSR count). The topological polar surface area (TPSA) is 81.9 Å². The smallest absolute Gasteiger partial charge is 0.217 e. The zero-order chi connectivity index (χ0) is 14.3. The minimum Gasteiger partial charge on any atom is -0.492 e. The Morgan fingerprint density at radius 3 is 2.42 bits per heavy atom. The van der Waals surface area contributed by atoms with Crippen molar-refractivity contribution in [3.8, 4) is 5.75 Å². The Morgan fingerprint density at radius 2 is 1.84 bits per heavy atom. The van der Waals surface area contributed by atoms with Gasteiger partial charge in [0.25, 0.3) is 0 Å². The maximum absolute atomic E-state index is 11.9. The van der Waals surface area contributed by atoms with Gasteiger partial charge in [0, 0.05) is 26.4 Å². The average Bonchev–Trinajstić information content (AvgIpc) is 2.38. The first-order valence-electron chi connectivity index (χ1n) is 5.87. The van der Waals surface area contributed by atoms with Gasteiger partial charge in [-0.05, 0) is 24.3 Å². The van der Waals surface area contributed by atoms with Gasteiger partial charge in [0.05, 0.1) is 12.4 Å². The lowest BCUT2D eigenvalue weighted by Gasteiger charge is -2.16. The van der Waals surface area contributed by atoms with Crippen LogP contribution in [0.15, 0.2) is 24.3 Å². The summed E-state index contributed by atoms with van der Waals surface area (Å²) in [4.78, 5) is 0. The van der Waals surface area contributed by atoms with Gasteiger partial charge in [0.15, 0.2) is 0 Å². The van der Waals surface area contributed by atoms with Gasteiger partial charge in [-0.3, -0.25) is 0 Å². The Hall–Kier alpha value is -1.31. The number of nitrogen functional groups attached to an aromatic ring is 1. The monoisotopic (exact) mass is 288 g/mol. The van der Waals surface area contributed by atoms with Gasteiger partial charge in [-0.1, -0.05) is 0 Å². The second kappa shape index (κ2) is 7.32. The van der Waals surface area contributed by atoms with E-state index in [0.29, 0.717) is 24.6 Å². The number of nitrogens with zero attached hydrogens (tertiary/aromatic N) is 1. The summed E-state index contributed by atoms with van der Waals surface area (Å²) in [6.45, 7) is 0.804. The molecule has 0 fully saturated rings. The van der Waals surface area contributed by atoms with Crippen LogP contribution in [-0.4, -0.2) is 52.4 Å². The van der Waals surface area contributed by atoms with E-state index in [1.807, 2.05) is 0 Å². The summed E-state index contributed by atoms with van der Waals surface area (Å²) in [5.41, 5.74) is 6.18. The van der Waals surface area contributed by atoms with E-state index in [1.165, 1.54) is 18.5 Å². The van der Waals surface area contributed by atoms with Crippen molar-refractivity contribution in [3.05, 3.63) is 24.3 Å². The van der Waals surface area contributed by atoms with Crippen molar-refractivity contribution in [1.29, 1.82) is 0 Å². The van der Waals surface area contributed by atoms with Crippen LogP contribution in [0.3, 0.4) is 0 Å². The number of sulfonamides is 1. The Kier molecular flexibility index (Phi) is 6.07. The molecule has 0 radical (unpaired) electrons. The van der Waals surface area contributed by atoms with Crippen LogP contribution in [0.2, 0.25) is 0 Å². The molecule has 1 aromatic carbocycles. The molecule has 7 heteroatoms. The highest BCUT2D eigenvalue weighted by molar-refractivity contribution is 7.89. The first-order chi connectivity index (χ1) is 8.95. The van der Waals surface area contributed by atoms with Crippen molar-refractivity contribution in [1.82, 2.24) is 4.31 Å². The molecule has 0 aliphatic heterocycles. The number of likely N-dealkylation sites (N-methyl/N-ethyl adjacent to an activating group) is 1. The first-order valence-corrected chi connectivity index (χ1v) is 7.48.